The van der Waals surface area contributed by atoms with E-state index in [-0.39, 0.29) is 11.3 Å². The second kappa shape index (κ2) is 6.11. The number of aliphatic carboxylic acids is 1. The molecule has 0 saturated carbocycles. The monoisotopic (exact) mass is 215 g/mol. The Labute approximate surface area is 93.3 Å². The van der Waals surface area contributed by atoms with Gasteiger partial charge in [-0.1, -0.05) is 27.7 Å². The Morgan fingerprint density at radius 1 is 1.40 bits per heavy atom. The predicted octanol–water partition coefficient (Wildman–Crippen LogP) is 2.51. The molecule has 3 nitrogen and oxygen atoms in total. The van der Waals surface area contributed by atoms with Crippen molar-refractivity contribution in [3.8, 4) is 0 Å². The van der Waals surface area contributed by atoms with Gasteiger partial charge in [0, 0.05) is 12.6 Å². The topological polar surface area (TPSA) is 49.3 Å². The molecule has 0 rings (SSSR count). The van der Waals surface area contributed by atoms with Gasteiger partial charge in [0.15, 0.2) is 0 Å². The highest BCUT2D eigenvalue weighted by Gasteiger charge is 2.24. The summed E-state index contributed by atoms with van der Waals surface area (Å²) in [5.41, 5.74) is 0.0696. The second-order valence-electron chi connectivity index (χ2n) is 5.52. The van der Waals surface area contributed by atoms with Crippen molar-refractivity contribution in [2.24, 2.45) is 11.3 Å². The van der Waals surface area contributed by atoms with Crippen molar-refractivity contribution in [1.82, 2.24) is 5.32 Å². The Bertz CT molecular complexity index is 196. The molecule has 90 valence electrons. The highest BCUT2D eigenvalue weighted by Crippen LogP contribution is 2.24. The van der Waals surface area contributed by atoms with Crippen LogP contribution < -0.4 is 5.32 Å². The van der Waals surface area contributed by atoms with E-state index in [0.29, 0.717) is 19.0 Å². The Hall–Kier alpha value is -0.570. The average molecular weight is 215 g/mol. The zero-order valence-electron chi connectivity index (χ0n) is 10.6. The van der Waals surface area contributed by atoms with Crippen LogP contribution in [-0.4, -0.2) is 23.7 Å². The van der Waals surface area contributed by atoms with Gasteiger partial charge in [-0.15, -0.1) is 0 Å². The fourth-order valence-electron chi connectivity index (χ4n) is 1.47. The molecule has 0 aliphatic rings. The molecular formula is C12H25NO2. The molecule has 3 heteroatoms. The van der Waals surface area contributed by atoms with Gasteiger partial charge in [-0.25, -0.2) is 0 Å². The van der Waals surface area contributed by atoms with Gasteiger partial charge in [0.1, 0.15) is 0 Å². The van der Waals surface area contributed by atoms with Crippen LogP contribution in [0.25, 0.3) is 0 Å². The molecule has 0 aromatic carbocycles. The van der Waals surface area contributed by atoms with Gasteiger partial charge in [0.2, 0.25) is 0 Å². The number of hydrogen-bond donors (Lipinski definition) is 2. The fraction of sp³-hybridized carbons (Fsp3) is 0.917. The number of carboxylic acid groups (broad SMARTS) is 1. The van der Waals surface area contributed by atoms with Crippen molar-refractivity contribution >= 4 is 5.97 Å². The lowest BCUT2D eigenvalue weighted by molar-refractivity contribution is -0.142. The Morgan fingerprint density at radius 3 is 2.27 bits per heavy atom. The lowest BCUT2D eigenvalue weighted by Crippen LogP contribution is -2.35. The first-order chi connectivity index (χ1) is 6.76. The van der Waals surface area contributed by atoms with Gasteiger partial charge in [-0.2, -0.15) is 0 Å². The molecule has 0 radical (unpaired) electrons. The van der Waals surface area contributed by atoms with Crippen molar-refractivity contribution in [1.29, 1.82) is 0 Å². The maximum atomic E-state index is 11.0. The van der Waals surface area contributed by atoms with Gasteiger partial charge < -0.3 is 10.4 Å². The van der Waals surface area contributed by atoms with Crippen molar-refractivity contribution in [3.05, 3.63) is 0 Å². The van der Waals surface area contributed by atoms with E-state index in [9.17, 15) is 4.79 Å². The van der Waals surface area contributed by atoms with E-state index >= 15 is 0 Å². The van der Waals surface area contributed by atoms with E-state index in [1.54, 1.807) is 0 Å². The quantitative estimate of drug-likeness (QED) is 0.715. The third-order valence-corrected chi connectivity index (χ3v) is 2.53. The molecule has 0 amide bonds. The standard InChI is InChI=1S/C12H25NO2/c1-6-9(2)13-8-10(11(14)15)7-12(3,4)5/h9-10,13H,6-8H2,1-5H3,(H,14,15). The molecule has 2 atom stereocenters. The summed E-state index contributed by atoms with van der Waals surface area (Å²) in [5.74, 6) is -0.972. The third kappa shape index (κ3) is 7.37. The summed E-state index contributed by atoms with van der Waals surface area (Å²) in [6, 6.07) is 0.395. The van der Waals surface area contributed by atoms with Gasteiger partial charge in [-0.05, 0) is 25.2 Å². The summed E-state index contributed by atoms with van der Waals surface area (Å²) in [6.07, 6.45) is 1.74. The molecular weight excluding hydrogens is 190 g/mol. The van der Waals surface area contributed by atoms with E-state index in [1.165, 1.54) is 0 Å². The molecule has 2 unspecified atom stereocenters. The first-order valence-corrected chi connectivity index (χ1v) is 5.72. The number of hydrogen-bond acceptors (Lipinski definition) is 2. The minimum absolute atomic E-state index is 0.0696. The van der Waals surface area contributed by atoms with Gasteiger partial charge >= 0.3 is 5.97 Å². The van der Waals surface area contributed by atoms with Crippen LogP contribution in [0.5, 0.6) is 0 Å². The predicted molar refractivity (Wildman–Crippen MR) is 63.0 cm³/mol. The van der Waals surface area contributed by atoms with Gasteiger partial charge in [0.25, 0.3) is 0 Å². The summed E-state index contributed by atoms with van der Waals surface area (Å²) >= 11 is 0. The largest absolute Gasteiger partial charge is 0.481 e. The molecule has 0 aliphatic heterocycles. The fourth-order valence-corrected chi connectivity index (χ4v) is 1.47. The molecule has 15 heavy (non-hydrogen) atoms. The van der Waals surface area contributed by atoms with Gasteiger partial charge in [0.05, 0.1) is 5.92 Å². The molecule has 0 spiro atoms. The molecule has 0 aromatic heterocycles. The maximum Gasteiger partial charge on any atom is 0.307 e. The van der Waals surface area contributed by atoms with Crippen molar-refractivity contribution < 1.29 is 9.90 Å². The average Bonchev–Trinajstić information content (AvgIpc) is 2.09. The van der Waals surface area contributed by atoms with Crippen LogP contribution in [0, 0.1) is 11.3 Å². The lowest BCUT2D eigenvalue weighted by atomic mass is 9.84. The number of carbonyl (C=O) groups is 1. The summed E-state index contributed by atoms with van der Waals surface area (Å²) < 4.78 is 0. The van der Waals surface area contributed by atoms with E-state index < -0.39 is 5.97 Å². The normalized spacial score (nSPS) is 16.1. The molecule has 0 aromatic rings. The van der Waals surface area contributed by atoms with Crippen LogP contribution in [0.4, 0.5) is 0 Å². The Kier molecular flexibility index (Phi) is 5.88. The van der Waals surface area contributed by atoms with Crippen molar-refractivity contribution in [2.75, 3.05) is 6.54 Å². The van der Waals surface area contributed by atoms with Crippen LogP contribution in [0.15, 0.2) is 0 Å². The first kappa shape index (κ1) is 14.4. The van der Waals surface area contributed by atoms with E-state index in [0.717, 1.165) is 6.42 Å². The van der Waals surface area contributed by atoms with E-state index in [4.69, 9.17) is 5.11 Å². The zero-order valence-corrected chi connectivity index (χ0v) is 10.6. The van der Waals surface area contributed by atoms with Crippen LogP contribution in [0.3, 0.4) is 0 Å². The van der Waals surface area contributed by atoms with E-state index in [1.807, 2.05) is 0 Å². The SMILES string of the molecule is CCC(C)NCC(CC(C)(C)C)C(=O)O. The van der Waals surface area contributed by atoms with Crippen LogP contribution in [-0.2, 0) is 4.79 Å². The number of carboxylic acids is 1. The minimum Gasteiger partial charge on any atom is -0.481 e. The molecule has 2 N–H and O–H groups in total. The molecule has 0 bridgehead atoms. The summed E-state index contributed by atoms with van der Waals surface area (Å²) in [7, 11) is 0. The summed E-state index contributed by atoms with van der Waals surface area (Å²) in [6.45, 7) is 11.0. The first-order valence-electron chi connectivity index (χ1n) is 5.72. The van der Waals surface area contributed by atoms with E-state index in [2.05, 4.69) is 39.9 Å². The molecule has 0 fully saturated rings. The van der Waals surface area contributed by atoms with Crippen molar-refractivity contribution in [2.45, 2.75) is 53.5 Å². The summed E-state index contributed by atoms with van der Waals surface area (Å²) in [5, 5.41) is 12.3. The van der Waals surface area contributed by atoms with Crippen LogP contribution >= 0.6 is 0 Å². The highest BCUT2D eigenvalue weighted by atomic mass is 16.4. The maximum absolute atomic E-state index is 11.0. The lowest BCUT2D eigenvalue weighted by Gasteiger charge is -2.24. The third-order valence-electron chi connectivity index (χ3n) is 2.53. The Balaban J connectivity index is 4.12. The Morgan fingerprint density at radius 2 is 1.93 bits per heavy atom. The van der Waals surface area contributed by atoms with Crippen LogP contribution in [0.2, 0.25) is 0 Å². The minimum atomic E-state index is -0.694. The number of rotatable bonds is 6. The highest BCUT2D eigenvalue weighted by molar-refractivity contribution is 5.70. The van der Waals surface area contributed by atoms with Crippen molar-refractivity contribution in [3.63, 3.8) is 0 Å². The smallest absolute Gasteiger partial charge is 0.307 e. The molecule has 0 saturated heterocycles. The zero-order chi connectivity index (χ0) is 12.1. The van der Waals surface area contributed by atoms with Gasteiger partial charge in [-0.3, -0.25) is 4.79 Å². The molecule has 0 heterocycles. The number of nitrogens with one attached hydrogen (secondary N) is 1. The van der Waals surface area contributed by atoms with Crippen LogP contribution in [0.1, 0.15) is 47.5 Å². The molecule has 0 aliphatic carbocycles. The second-order valence-corrected chi connectivity index (χ2v) is 5.52. The summed E-state index contributed by atoms with van der Waals surface area (Å²) in [4.78, 5) is 11.0.